The van der Waals surface area contributed by atoms with Gasteiger partial charge in [-0.15, -0.1) is 0 Å². The van der Waals surface area contributed by atoms with Crippen molar-refractivity contribution in [2.75, 3.05) is 0 Å². The van der Waals surface area contributed by atoms with Crippen molar-refractivity contribution in [3.8, 4) is 0 Å². The first-order valence-electron chi connectivity index (χ1n) is 7.75. The third-order valence-corrected chi connectivity index (χ3v) is 3.50. The molecule has 1 N–H and O–H groups in total. The largest absolute Gasteiger partial charge is 0.350 e. The number of nitrogens with zero attached hydrogens (tertiary/aromatic N) is 4. The summed E-state index contributed by atoms with van der Waals surface area (Å²) < 4.78 is 7.03. The Morgan fingerprint density at radius 3 is 3.04 bits per heavy atom. The fourth-order valence-electron chi connectivity index (χ4n) is 2.29. The maximum Gasteiger partial charge on any atom is 0.226 e. The lowest BCUT2D eigenvalue weighted by Gasteiger charge is -2.01. The topological polar surface area (TPSA) is 85.3 Å². The number of carbonyl (C=O) groups is 1. The molecule has 0 saturated carbocycles. The highest BCUT2D eigenvalue weighted by molar-refractivity contribution is 5.75. The number of hydrogen-bond acceptors (Lipinski definition) is 5. The zero-order chi connectivity index (χ0) is 16.1. The standard InChI is InChI=1S/C16H19N5O2/c1-2-13-19-16(23-20-13)8-5-7-15(22)17-10-12-11-21-9-4-3-6-14(21)18-12/h3-4,6,9,11H,2,5,7-8,10H2,1H3,(H,17,22). The third kappa shape index (κ3) is 3.94. The third-order valence-electron chi connectivity index (χ3n) is 3.50. The number of carbonyl (C=O) groups excluding carboxylic acids is 1. The van der Waals surface area contributed by atoms with Crippen LogP contribution in [0.4, 0.5) is 0 Å². The van der Waals surface area contributed by atoms with Crippen LogP contribution in [0.25, 0.3) is 5.65 Å². The normalized spacial score (nSPS) is 11.0. The van der Waals surface area contributed by atoms with Gasteiger partial charge in [-0.05, 0) is 18.6 Å². The maximum absolute atomic E-state index is 11.9. The van der Waals surface area contributed by atoms with E-state index in [4.69, 9.17) is 4.52 Å². The summed E-state index contributed by atoms with van der Waals surface area (Å²) in [5.74, 6) is 1.29. The van der Waals surface area contributed by atoms with Crippen molar-refractivity contribution in [3.63, 3.8) is 0 Å². The first-order chi connectivity index (χ1) is 11.2. The van der Waals surface area contributed by atoms with Crippen molar-refractivity contribution < 1.29 is 9.32 Å². The van der Waals surface area contributed by atoms with Crippen molar-refractivity contribution in [1.82, 2.24) is 24.8 Å². The first kappa shape index (κ1) is 15.2. The van der Waals surface area contributed by atoms with Gasteiger partial charge in [-0.2, -0.15) is 4.98 Å². The van der Waals surface area contributed by atoms with E-state index >= 15 is 0 Å². The Morgan fingerprint density at radius 1 is 1.35 bits per heavy atom. The second-order valence-electron chi connectivity index (χ2n) is 5.29. The molecule has 7 heteroatoms. The number of aryl methyl sites for hydroxylation is 2. The van der Waals surface area contributed by atoms with Crippen LogP contribution >= 0.6 is 0 Å². The van der Waals surface area contributed by atoms with Gasteiger partial charge in [-0.25, -0.2) is 4.98 Å². The minimum absolute atomic E-state index is 0.00251. The van der Waals surface area contributed by atoms with Crippen molar-refractivity contribution in [2.45, 2.75) is 39.2 Å². The molecule has 7 nitrogen and oxygen atoms in total. The van der Waals surface area contributed by atoms with Gasteiger partial charge >= 0.3 is 0 Å². The molecule has 0 aliphatic heterocycles. The molecule has 1 amide bonds. The van der Waals surface area contributed by atoms with E-state index in [1.165, 1.54) is 0 Å². The monoisotopic (exact) mass is 313 g/mol. The Bertz CT molecular complexity index is 759. The van der Waals surface area contributed by atoms with Crippen LogP contribution in [0.5, 0.6) is 0 Å². The van der Waals surface area contributed by atoms with Crippen LogP contribution in [0.1, 0.15) is 37.2 Å². The molecular weight excluding hydrogens is 294 g/mol. The fourth-order valence-corrected chi connectivity index (χ4v) is 2.29. The highest BCUT2D eigenvalue weighted by atomic mass is 16.5. The number of rotatable bonds is 7. The number of fused-ring (bicyclic) bond motifs is 1. The molecule has 0 atom stereocenters. The lowest BCUT2D eigenvalue weighted by molar-refractivity contribution is -0.121. The van der Waals surface area contributed by atoms with Gasteiger partial charge in [0.1, 0.15) is 5.65 Å². The Kier molecular flexibility index (Phi) is 4.65. The zero-order valence-electron chi connectivity index (χ0n) is 13.0. The lowest BCUT2D eigenvalue weighted by Crippen LogP contribution is -2.22. The Hall–Kier alpha value is -2.70. The van der Waals surface area contributed by atoms with Crippen LogP contribution in [-0.2, 0) is 24.2 Å². The van der Waals surface area contributed by atoms with Gasteiger partial charge in [-0.1, -0.05) is 18.1 Å². The summed E-state index contributed by atoms with van der Waals surface area (Å²) in [4.78, 5) is 20.5. The summed E-state index contributed by atoms with van der Waals surface area (Å²) in [5.41, 5.74) is 1.72. The Morgan fingerprint density at radius 2 is 2.26 bits per heavy atom. The molecule has 0 fully saturated rings. The number of hydrogen-bond donors (Lipinski definition) is 1. The molecule has 0 bridgehead atoms. The predicted octanol–water partition coefficient (Wildman–Crippen LogP) is 1.92. The second kappa shape index (κ2) is 7.04. The molecule has 3 rings (SSSR count). The van der Waals surface area contributed by atoms with E-state index < -0.39 is 0 Å². The van der Waals surface area contributed by atoms with Gasteiger partial charge in [0.2, 0.25) is 11.8 Å². The zero-order valence-corrected chi connectivity index (χ0v) is 13.0. The van der Waals surface area contributed by atoms with Crippen LogP contribution in [0.2, 0.25) is 0 Å². The molecule has 0 aromatic carbocycles. The van der Waals surface area contributed by atoms with Crippen molar-refractivity contribution in [2.24, 2.45) is 0 Å². The van der Waals surface area contributed by atoms with E-state index in [1.54, 1.807) is 0 Å². The minimum atomic E-state index is -0.00251. The summed E-state index contributed by atoms with van der Waals surface area (Å²) >= 11 is 0. The van der Waals surface area contributed by atoms with E-state index in [9.17, 15) is 4.79 Å². The van der Waals surface area contributed by atoms with Gasteiger partial charge in [0.05, 0.1) is 12.2 Å². The number of pyridine rings is 1. The Balaban J connectivity index is 1.42. The molecule has 0 unspecified atom stereocenters. The summed E-state index contributed by atoms with van der Waals surface area (Å²) in [6.45, 7) is 2.41. The predicted molar refractivity (Wildman–Crippen MR) is 83.7 cm³/mol. The van der Waals surface area contributed by atoms with Crippen LogP contribution in [0, 0.1) is 0 Å². The van der Waals surface area contributed by atoms with E-state index in [0.717, 1.165) is 17.8 Å². The minimum Gasteiger partial charge on any atom is -0.350 e. The molecule has 3 aromatic rings. The highest BCUT2D eigenvalue weighted by Crippen LogP contribution is 2.06. The molecular formula is C16H19N5O2. The molecule has 0 aliphatic rings. The van der Waals surface area contributed by atoms with Crippen LogP contribution in [-0.4, -0.2) is 25.4 Å². The number of aromatic nitrogens is 4. The van der Waals surface area contributed by atoms with Crippen molar-refractivity contribution in [1.29, 1.82) is 0 Å². The SMILES string of the molecule is CCc1noc(CCCC(=O)NCc2cn3ccccc3n2)n1. The van der Waals surface area contributed by atoms with E-state index in [2.05, 4.69) is 20.4 Å². The van der Waals surface area contributed by atoms with Gasteiger partial charge in [0.15, 0.2) is 5.82 Å². The molecule has 3 heterocycles. The van der Waals surface area contributed by atoms with E-state index in [0.29, 0.717) is 37.5 Å². The average molecular weight is 313 g/mol. The molecule has 0 radical (unpaired) electrons. The second-order valence-corrected chi connectivity index (χ2v) is 5.29. The quantitative estimate of drug-likeness (QED) is 0.720. The number of nitrogens with one attached hydrogen (secondary N) is 1. The molecule has 0 saturated heterocycles. The first-order valence-corrected chi connectivity index (χ1v) is 7.75. The van der Waals surface area contributed by atoms with Crippen molar-refractivity contribution in [3.05, 3.63) is 48.0 Å². The number of amides is 1. The molecule has 3 aromatic heterocycles. The lowest BCUT2D eigenvalue weighted by atomic mass is 10.2. The van der Waals surface area contributed by atoms with Crippen molar-refractivity contribution >= 4 is 11.6 Å². The van der Waals surface area contributed by atoms with Crippen LogP contribution in [0.3, 0.4) is 0 Å². The highest BCUT2D eigenvalue weighted by Gasteiger charge is 2.07. The van der Waals surface area contributed by atoms with Gasteiger partial charge < -0.3 is 14.2 Å². The van der Waals surface area contributed by atoms with Crippen LogP contribution in [0.15, 0.2) is 35.1 Å². The van der Waals surface area contributed by atoms with Gasteiger partial charge in [-0.3, -0.25) is 4.79 Å². The average Bonchev–Trinajstić information content (AvgIpc) is 3.19. The summed E-state index contributed by atoms with van der Waals surface area (Å²) in [7, 11) is 0. The summed E-state index contributed by atoms with van der Waals surface area (Å²) in [6, 6.07) is 5.81. The Labute approximate surface area is 133 Å². The number of imidazole rings is 1. The van der Waals surface area contributed by atoms with E-state index in [1.807, 2.05) is 41.9 Å². The summed E-state index contributed by atoms with van der Waals surface area (Å²) in [6.07, 6.45) is 6.33. The fraction of sp³-hybridized carbons (Fsp3) is 0.375. The van der Waals surface area contributed by atoms with Gasteiger partial charge in [0.25, 0.3) is 0 Å². The smallest absolute Gasteiger partial charge is 0.226 e. The molecule has 120 valence electrons. The summed E-state index contributed by atoms with van der Waals surface area (Å²) in [5, 5.41) is 6.71. The van der Waals surface area contributed by atoms with Gasteiger partial charge in [0, 0.05) is 31.7 Å². The molecule has 0 spiro atoms. The molecule has 0 aliphatic carbocycles. The molecule has 23 heavy (non-hydrogen) atoms. The maximum atomic E-state index is 11.9. The van der Waals surface area contributed by atoms with Crippen LogP contribution < -0.4 is 5.32 Å². The van der Waals surface area contributed by atoms with E-state index in [-0.39, 0.29) is 5.91 Å².